The predicted molar refractivity (Wildman–Crippen MR) is 164 cm³/mol. The molecule has 1 aromatic heterocycles. The molecule has 1 aliphatic rings. The molecule has 0 spiro atoms. The number of fused-ring (bicyclic) bond motifs is 1. The molecule has 0 aliphatic carbocycles. The number of pyridine rings is 1. The van der Waals surface area contributed by atoms with Crippen molar-refractivity contribution >= 4 is 46.2 Å². The zero-order valence-electron chi connectivity index (χ0n) is 24.7. The lowest BCUT2D eigenvalue weighted by Gasteiger charge is -2.37. The van der Waals surface area contributed by atoms with Crippen LogP contribution in [-0.4, -0.2) is 89.6 Å². The first-order valence-electron chi connectivity index (χ1n) is 14.4. The molecule has 0 radical (unpaired) electrons. The number of likely N-dealkylation sites (N-methyl/N-ethyl adjacent to an activating group) is 1. The molecule has 10 nitrogen and oxygen atoms in total. The van der Waals surface area contributed by atoms with E-state index < -0.39 is 24.0 Å². The zero-order chi connectivity index (χ0) is 30.9. The van der Waals surface area contributed by atoms with Crippen molar-refractivity contribution in [3.05, 3.63) is 71.1 Å². The quantitative estimate of drug-likeness (QED) is 0.329. The van der Waals surface area contributed by atoms with E-state index in [1.165, 1.54) is 17.0 Å². The van der Waals surface area contributed by atoms with Gasteiger partial charge in [0.15, 0.2) is 0 Å². The molecular weight excluding hydrogens is 575 g/mol. The highest BCUT2D eigenvalue weighted by atomic mass is 35.5. The van der Waals surface area contributed by atoms with E-state index in [0.717, 1.165) is 23.9 Å². The average molecular weight is 613 g/mol. The summed E-state index contributed by atoms with van der Waals surface area (Å²) >= 11 is 6.03. The van der Waals surface area contributed by atoms with Crippen LogP contribution in [0.4, 0.5) is 19.8 Å². The number of rotatable bonds is 10. The third-order valence-electron chi connectivity index (χ3n) is 7.69. The summed E-state index contributed by atoms with van der Waals surface area (Å²) in [5.74, 6) is -0.264. The molecule has 0 bridgehead atoms. The lowest BCUT2D eigenvalue weighted by atomic mass is 10.1. The van der Waals surface area contributed by atoms with Crippen LogP contribution in [-0.2, 0) is 16.1 Å². The van der Waals surface area contributed by atoms with E-state index in [1.54, 1.807) is 25.4 Å². The fraction of sp³-hybridized carbons (Fsp3) is 0.419. The molecule has 3 aromatic rings. The predicted octanol–water partition coefficient (Wildman–Crippen LogP) is 5.12. The maximum absolute atomic E-state index is 13.8. The molecule has 4 rings (SSSR count). The molecule has 1 fully saturated rings. The second kappa shape index (κ2) is 15.0. The summed E-state index contributed by atoms with van der Waals surface area (Å²) in [6.07, 6.45) is 1.37. The largest absolute Gasteiger partial charge is 0.447 e. The van der Waals surface area contributed by atoms with Crippen molar-refractivity contribution in [2.24, 2.45) is 0 Å². The van der Waals surface area contributed by atoms with Gasteiger partial charge in [-0.05, 0) is 43.4 Å². The number of ether oxygens (including phenoxy) is 1. The van der Waals surface area contributed by atoms with Gasteiger partial charge in [0, 0.05) is 63.8 Å². The third-order valence-corrected chi connectivity index (χ3v) is 8.11. The number of halogens is 2. The molecule has 1 atom stereocenters. The van der Waals surface area contributed by atoms with Crippen molar-refractivity contribution in [3.8, 4) is 0 Å². The van der Waals surface area contributed by atoms with Crippen molar-refractivity contribution < 1.29 is 23.5 Å². The second-order valence-electron chi connectivity index (χ2n) is 10.8. The normalized spacial score (nSPS) is 14.4. The SMILES string of the molecule is CC(C)N1CCN(C(=O)CCC(COC(=O)Nc2cc3ccccc3cn2)N(C)C(=O)NCc2cccc(F)c2Cl)CC1. The van der Waals surface area contributed by atoms with Gasteiger partial charge in [0.25, 0.3) is 0 Å². The van der Waals surface area contributed by atoms with Gasteiger partial charge in [-0.2, -0.15) is 0 Å². The highest BCUT2D eigenvalue weighted by Crippen LogP contribution is 2.20. The van der Waals surface area contributed by atoms with Crippen LogP contribution < -0.4 is 10.6 Å². The number of urea groups is 1. The Bertz CT molecular complexity index is 1430. The number of aromatic nitrogens is 1. The lowest BCUT2D eigenvalue weighted by molar-refractivity contribution is -0.133. The third kappa shape index (κ3) is 8.77. The Balaban J connectivity index is 1.37. The van der Waals surface area contributed by atoms with Gasteiger partial charge in [-0.3, -0.25) is 15.0 Å². The van der Waals surface area contributed by atoms with E-state index >= 15 is 0 Å². The minimum atomic E-state index is -0.732. The Morgan fingerprint density at radius 3 is 2.51 bits per heavy atom. The number of hydrogen-bond acceptors (Lipinski definition) is 6. The second-order valence-corrected chi connectivity index (χ2v) is 11.2. The summed E-state index contributed by atoms with van der Waals surface area (Å²) in [6.45, 7) is 7.02. The first-order valence-corrected chi connectivity index (χ1v) is 14.7. The van der Waals surface area contributed by atoms with Crippen molar-refractivity contribution in [2.75, 3.05) is 45.2 Å². The van der Waals surface area contributed by atoms with Gasteiger partial charge >= 0.3 is 12.1 Å². The van der Waals surface area contributed by atoms with Crippen LogP contribution in [0.15, 0.2) is 54.7 Å². The lowest BCUT2D eigenvalue weighted by Crippen LogP contribution is -2.51. The summed E-state index contributed by atoms with van der Waals surface area (Å²) < 4.78 is 19.3. The first kappa shape index (κ1) is 32.0. The van der Waals surface area contributed by atoms with E-state index in [4.69, 9.17) is 16.3 Å². The Labute approximate surface area is 256 Å². The smallest absolute Gasteiger partial charge is 0.412 e. The van der Waals surface area contributed by atoms with Crippen molar-refractivity contribution in [2.45, 2.75) is 45.3 Å². The summed E-state index contributed by atoms with van der Waals surface area (Å²) in [5, 5.41) is 7.13. The van der Waals surface area contributed by atoms with Gasteiger partial charge < -0.3 is 19.9 Å². The minimum absolute atomic E-state index is 0.000518. The average Bonchev–Trinajstić information content (AvgIpc) is 3.01. The molecule has 0 saturated carbocycles. The maximum atomic E-state index is 13.8. The number of nitrogens with zero attached hydrogens (tertiary/aromatic N) is 4. The molecule has 2 heterocycles. The maximum Gasteiger partial charge on any atom is 0.412 e. The first-order chi connectivity index (χ1) is 20.6. The summed E-state index contributed by atoms with van der Waals surface area (Å²) in [5.41, 5.74) is 0.425. The molecule has 230 valence electrons. The van der Waals surface area contributed by atoms with E-state index in [1.807, 2.05) is 29.2 Å². The van der Waals surface area contributed by atoms with Crippen LogP contribution in [0.3, 0.4) is 0 Å². The zero-order valence-corrected chi connectivity index (χ0v) is 25.4. The van der Waals surface area contributed by atoms with Crippen molar-refractivity contribution in [1.29, 1.82) is 0 Å². The van der Waals surface area contributed by atoms with E-state index in [-0.39, 0.29) is 36.9 Å². The molecule has 43 heavy (non-hydrogen) atoms. The van der Waals surface area contributed by atoms with Crippen LogP contribution in [0.25, 0.3) is 10.8 Å². The van der Waals surface area contributed by atoms with Gasteiger partial charge in [0.05, 0.1) is 11.1 Å². The Hall–Kier alpha value is -3.96. The molecule has 2 N–H and O–H groups in total. The number of carbonyl (C=O) groups excluding carboxylic acids is 3. The minimum Gasteiger partial charge on any atom is -0.447 e. The highest BCUT2D eigenvalue weighted by molar-refractivity contribution is 6.31. The fourth-order valence-electron chi connectivity index (χ4n) is 4.94. The molecular formula is C31H38ClFN6O4. The van der Waals surface area contributed by atoms with Crippen LogP contribution in [0.2, 0.25) is 5.02 Å². The summed E-state index contributed by atoms with van der Waals surface area (Å²) in [6, 6.07) is 13.1. The van der Waals surface area contributed by atoms with Gasteiger partial charge in [-0.1, -0.05) is 48.0 Å². The number of anilines is 1. The monoisotopic (exact) mass is 612 g/mol. The fourth-order valence-corrected chi connectivity index (χ4v) is 5.13. The van der Waals surface area contributed by atoms with Crippen LogP contribution in [0.1, 0.15) is 32.3 Å². The topological polar surface area (TPSA) is 107 Å². The molecule has 12 heteroatoms. The number of hydrogen-bond donors (Lipinski definition) is 2. The number of nitrogens with one attached hydrogen (secondary N) is 2. The molecule has 1 unspecified atom stereocenters. The van der Waals surface area contributed by atoms with Crippen LogP contribution in [0, 0.1) is 5.82 Å². The Morgan fingerprint density at radius 2 is 1.79 bits per heavy atom. The van der Waals surface area contributed by atoms with Crippen molar-refractivity contribution in [3.63, 3.8) is 0 Å². The number of amides is 4. The molecule has 1 saturated heterocycles. The van der Waals surface area contributed by atoms with Gasteiger partial charge in [0.2, 0.25) is 5.91 Å². The van der Waals surface area contributed by atoms with Gasteiger partial charge in [0.1, 0.15) is 18.2 Å². The Kier molecular flexibility index (Phi) is 11.1. The van der Waals surface area contributed by atoms with E-state index in [0.29, 0.717) is 30.5 Å². The summed E-state index contributed by atoms with van der Waals surface area (Å²) in [4.78, 5) is 48.6. The van der Waals surface area contributed by atoms with Gasteiger partial charge in [-0.15, -0.1) is 0 Å². The van der Waals surface area contributed by atoms with Crippen LogP contribution >= 0.6 is 11.6 Å². The van der Waals surface area contributed by atoms with Crippen molar-refractivity contribution in [1.82, 2.24) is 25.0 Å². The molecule has 2 aromatic carbocycles. The van der Waals surface area contributed by atoms with E-state index in [9.17, 15) is 18.8 Å². The highest BCUT2D eigenvalue weighted by Gasteiger charge is 2.26. The number of piperazine rings is 1. The number of carbonyl (C=O) groups is 3. The molecule has 1 aliphatic heterocycles. The number of benzene rings is 2. The summed E-state index contributed by atoms with van der Waals surface area (Å²) in [7, 11) is 1.56. The van der Waals surface area contributed by atoms with Gasteiger partial charge in [-0.25, -0.2) is 19.0 Å². The Morgan fingerprint density at radius 1 is 1.07 bits per heavy atom. The standard InChI is InChI=1S/C31H38ClFN6O4/c1-21(2)38-13-15-39(16-14-38)28(40)12-11-25(37(3)30(41)35-19-24-9-6-10-26(33)29(24)32)20-43-31(42)36-27-17-22-7-4-5-8-23(22)18-34-27/h4-10,17-18,21,25H,11-16,19-20H2,1-3H3,(H,35,41)(H,34,36,42). The van der Waals surface area contributed by atoms with Crippen LogP contribution in [0.5, 0.6) is 0 Å². The van der Waals surface area contributed by atoms with E-state index in [2.05, 4.69) is 34.4 Å². The molecule has 4 amide bonds.